The Morgan fingerprint density at radius 3 is 1.92 bits per heavy atom. The van der Waals surface area contributed by atoms with Crippen LogP contribution in [0.3, 0.4) is 0 Å². The number of nitrogens with zero attached hydrogens (tertiary/aromatic N) is 3. The molecule has 25 heavy (non-hydrogen) atoms. The maximum atomic E-state index is 12.0. The van der Waals surface area contributed by atoms with Crippen LogP contribution in [0.1, 0.15) is 24.2 Å². The zero-order valence-corrected chi connectivity index (χ0v) is 13.1. The lowest BCUT2D eigenvalue weighted by atomic mass is 9.98. The van der Waals surface area contributed by atoms with Crippen LogP contribution >= 0.6 is 0 Å². The van der Waals surface area contributed by atoms with E-state index < -0.39 is 27.2 Å². The molecule has 0 unspecified atom stereocenters. The van der Waals surface area contributed by atoms with E-state index in [1.54, 1.807) is 13.8 Å². The Labute approximate surface area is 140 Å². The predicted octanol–water partition coefficient (Wildman–Crippen LogP) is 2.49. The summed E-state index contributed by atoms with van der Waals surface area (Å²) in [7, 11) is 0. The van der Waals surface area contributed by atoms with Crippen molar-refractivity contribution in [2.45, 2.75) is 13.8 Å². The molecule has 0 amide bonds. The number of nitro benzene ring substituents is 2. The van der Waals surface area contributed by atoms with E-state index >= 15 is 0 Å². The molecule has 1 aromatic rings. The molecule has 1 aliphatic carbocycles. The first kappa shape index (κ1) is 17.7. The Bertz CT molecular complexity index is 840. The maximum Gasteiger partial charge on any atom is 0.366 e. The van der Waals surface area contributed by atoms with Gasteiger partial charge in [0.1, 0.15) is 5.71 Å². The number of rotatable bonds is 4. The molecule has 0 atom stereocenters. The van der Waals surface area contributed by atoms with Gasteiger partial charge < -0.3 is 4.84 Å². The molecule has 0 spiro atoms. The summed E-state index contributed by atoms with van der Waals surface area (Å²) in [5.41, 5.74) is -0.424. The van der Waals surface area contributed by atoms with E-state index in [9.17, 15) is 29.8 Å². The Balaban J connectivity index is 2.32. The van der Waals surface area contributed by atoms with Crippen LogP contribution in [0.25, 0.3) is 0 Å². The van der Waals surface area contributed by atoms with Crippen molar-refractivity contribution >= 4 is 28.8 Å². The average Bonchev–Trinajstić information content (AvgIpc) is 2.53. The zero-order valence-electron chi connectivity index (χ0n) is 13.1. The lowest BCUT2D eigenvalue weighted by molar-refractivity contribution is -0.394. The Morgan fingerprint density at radius 1 is 1.00 bits per heavy atom. The van der Waals surface area contributed by atoms with Gasteiger partial charge in [-0.1, -0.05) is 5.16 Å². The molecule has 0 radical (unpaired) electrons. The summed E-state index contributed by atoms with van der Waals surface area (Å²) in [6.07, 6.45) is 2.61. The molecule has 1 aliphatic rings. The number of hydrogen-bond donors (Lipinski definition) is 0. The lowest BCUT2D eigenvalue weighted by Crippen LogP contribution is -2.13. The van der Waals surface area contributed by atoms with Gasteiger partial charge in [0.2, 0.25) is 0 Å². The summed E-state index contributed by atoms with van der Waals surface area (Å²) >= 11 is 0. The summed E-state index contributed by atoms with van der Waals surface area (Å²) in [6, 6.07) is 2.44. The fraction of sp³-hybridized carbons (Fsp3) is 0.133. The van der Waals surface area contributed by atoms with E-state index in [4.69, 9.17) is 4.84 Å². The topological polar surface area (TPSA) is 142 Å². The molecule has 10 heteroatoms. The highest BCUT2D eigenvalue weighted by Gasteiger charge is 2.21. The number of allylic oxidation sites excluding steroid dienone is 4. The number of hydrogen-bond acceptors (Lipinski definition) is 8. The molecular weight excluding hydrogens is 334 g/mol. The number of non-ortho nitro benzene ring substituents is 2. The third-order valence-corrected chi connectivity index (χ3v) is 3.24. The number of carbonyl (C=O) groups is 2. The highest BCUT2D eigenvalue weighted by atomic mass is 16.7. The number of nitro groups is 2. The second-order valence-corrected chi connectivity index (χ2v) is 5.13. The van der Waals surface area contributed by atoms with Gasteiger partial charge in [0.15, 0.2) is 5.78 Å². The molecule has 128 valence electrons. The van der Waals surface area contributed by atoms with Crippen molar-refractivity contribution in [3.63, 3.8) is 0 Å². The SMILES string of the molecule is CC1=CC(=O)C=C(C)C1=NOC(=O)c1cc([N+](=O)[O-])cc([N+](=O)[O-])c1. The van der Waals surface area contributed by atoms with Crippen LogP contribution in [0.15, 0.2) is 46.7 Å². The van der Waals surface area contributed by atoms with Crippen LogP contribution in [0.2, 0.25) is 0 Å². The smallest absolute Gasteiger partial charge is 0.312 e. The molecule has 2 rings (SSSR count). The van der Waals surface area contributed by atoms with Gasteiger partial charge in [-0.05, 0) is 37.1 Å². The van der Waals surface area contributed by atoms with Gasteiger partial charge >= 0.3 is 5.97 Å². The average molecular weight is 345 g/mol. The Kier molecular flexibility index (Phi) is 4.82. The van der Waals surface area contributed by atoms with Crippen molar-refractivity contribution in [3.8, 4) is 0 Å². The predicted molar refractivity (Wildman–Crippen MR) is 85.1 cm³/mol. The van der Waals surface area contributed by atoms with Gasteiger partial charge in [-0.2, -0.15) is 0 Å². The van der Waals surface area contributed by atoms with Crippen LogP contribution in [0.4, 0.5) is 11.4 Å². The van der Waals surface area contributed by atoms with E-state index in [1.807, 2.05) is 0 Å². The van der Waals surface area contributed by atoms with Crippen molar-refractivity contribution in [1.82, 2.24) is 0 Å². The van der Waals surface area contributed by atoms with Crippen LogP contribution in [0.5, 0.6) is 0 Å². The molecule has 0 N–H and O–H groups in total. The van der Waals surface area contributed by atoms with Crippen LogP contribution in [-0.2, 0) is 9.63 Å². The highest BCUT2D eigenvalue weighted by Crippen LogP contribution is 2.23. The first-order valence-electron chi connectivity index (χ1n) is 6.83. The fourth-order valence-electron chi connectivity index (χ4n) is 2.12. The minimum absolute atomic E-state index is 0.227. The first-order valence-corrected chi connectivity index (χ1v) is 6.83. The quantitative estimate of drug-likeness (QED) is 0.353. The summed E-state index contributed by atoms with van der Waals surface area (Å²) < 4.78 is 0. The number of benzene rings is 1. The molecule has 0 aliphatic heterocycles. The molecule has 1 aromatic carbocycles. The molecule has 0 aromatic heterocycles. The minimum Gasteiger partial charge on any atom is -0.312 e. The standard InChI is InChI=1S/C15H11N3O7/c1-8-3-13(19)4-9(2)14(8)16-25-15(20)10-5-11(17(21)22)7-12(6-10)18(23)24/h3-7H,1-2H3. The molecule has 0 fully saturated rings. The fourth-order valence-corrected chi connectivity index (χ4v) is 2.12. The molecule has 0 heterocycles. The second kappa shape index (κ2) is 6.83. The highest BCUT2D eigenvalue weighted by molar-refractivity contribution is 6.22. The summed E-state index contributed by atoms with van der Waals surface area (Å²) in [4.78, 5) is 48.0. The van der Waals surface area contributed by atoms with Crippen molar-refractivity contribution < 1.29 is 24.3 Å². The largest absolute Gasteiger partial charge is 0.366 e. The van der Waals surface area contributed by atoms with Crippen molar-refractivity contribution in [3.05, 3.63) is 67.3 Å². The third kappa shape index (κ3) is 3.99. The normalized spacial score (nSPS) is 13.7. The molecule has 0 bridgehead atoms. The monoisotopic (exact) mass is 345 g/mol. The summed E-state index contributed by atoms with van der Waals surface area (Å²) in [5.74, 6) is -1.33. The second-order valence-electron chi connectivity index (χ2n) is 5.13. The van der Waals surface area contributed by atoms with Gasteiger partial charge in [0, 0.05) is 12.1 Å². The van der Waals surface area contributed by atoms with Crippen molar-refractivity contribution in [2.75, 3.05) is 0 Å². The van der Waals surface area contributed by atoms with Crippen molar-refractivity contribution in [2.24, 2.45) is 5.16 Å². The zero-order chi connectivity index (χ0) is 18.7. The van der Waals surface area contributed by atoms with Gasteiger partial charge in [-0.15, -0.1) is 0 Å². The number of carbonyl (C=O) groups excluding carboxylic acids is 2. The van der Waals surface area contributed by atoms with Gasteiger partial charge in [-0.25, -0.2) is 4.79 Å². The molecular formula is C15H11N3O7. The maximum absolute atomic E-state index is 12.0. The number of oxime groups is 1. The summed E-state index contributed by atoms with van der Waals surface area (Å²) in [6.45, 7) is 3.19. The van der Waals surface area contributed by atoms with E-state index in [-0.39, 0.29) is 17.1 Å². The van der Waals surface area contributed by atoms with E-state index in [0.29, 0.717) is 11.1 Å². The van der Waals surface area contributed by atoms with Crippen LogP contribution < -0.4 is 0 Å². The Hall–Kier alpha value is -3.69. The van der Waals surface area contributed by atoms with Gasteiger partial charge in [-0.3, -0.25) is 25.0 Å². The first-order chi connectivity index (χ1) is 11.7. The lowest BCUT2D eigenvalue weighted by Gasteiger charge is -2.10. The summed E-state index contributed by atoms with van der Waals surface area (Å²) in [5, 5.41) is 25.3. The molecule has 0 saturated carbocycles. The van der Waals surface area contributed by atoms with Gasteiger partial charge in [0.05, 0.1) is 21.5 Å². The minimum atomic E-state index is -1.10. The third-order valence-electron chi connectivity index (χ3n) is 3.24. The van der Waals surface area contributed by atoms with E-state index in [2.05, 4.69) is 5.16 Å². The number of ketones is 1. The molecule has 0 saturated heterocycles. The van der Waals surface area contributed by atoms with Crippen molar-refractivity contribution in [1.29, 1.82) is 0 Å². The van der Waals surface area contributed by atoms with E-state index in [0.717, 1.165) is 18.2 Å². The van der Waals surface area contributed by atoms with Crippen LogP contribution in [-0.4, -0.2) is 27.3 Å². The Morgan fingerprint density at radius 2 is 1.48 bits per heavy atom. The van der Waals surface area contributed by atoms with Gasteiger partial charge in [0.25, 0.3) is 11.4 Å². The van der Waals surface area contributed by atoms with E-state index in [1.165, 1.54) is 12.2 Å². The molecule has 10 nitrogen and oxygen atoms in total. The van der Waals surface area contributed by atoms with Crippen LogP contribution in [0, 0.1) is 20.2 Å².